The van der Waals surface area contributed by atoms with Gasteiger partial charge >= 0.3 is 5.97 Å². The minimum Gasteiger partial charge on any atom is -0.495 e. The third-order valence-electron chi connectivity index (χ3n) is 9.08. The van der Waals surface area contributed by atoms with E-state index in [1.54, 1.807) is 41.2 Å². The van der Waals surface area contributed by atoms with Crippen LogP contribution >= 0.6 is 0 Å². The number of likely N-dealkylation sites (tertiary alicyclic amines) is 1. The smallest absolute Gasteiger partial charge is 0.332 e. The third kappa shape index (κ3) is 6.21. The zero-order valence-electron chi connectivity index (χ0n) is 26.1. The highest BCUT2D eigenvalue weighted by molar-refractivity contribution is 6.04. The summed E-state index contributed by atoms with van der Waals surface area (Å²) in [5.74, 6) is -0.0722. The molecule has 1 saturated heterocycles. The number of ether oxygens (including phenoxy) is 1. The van der Waals surface area contributed by atoms with Crippen LogP contribution in [-0.4, -0.2) is 96.7 Å². The number of anilines is 4. The lowest BCUT2D eigenvalue weighted by Crippen LogP contribution is -2.55. The summed E-state index contributed by atoms with van der Waals surface area (Å²) in [6.45, 7) is 7.50. The largest absolute Gasteiger partial charge is 0.495 e. The summed E-state index contributed by atoms with van der Waals surface area (Å²) in [5, 5.41) is 12.9. The summed E-state index contributed by atoms with van der Waals surface area (Å²) in [5.41, 5.74) is 1.47. The van der Waals surface area contributed by atoms with Gasteiger partial charge < -0.3 is 34.8 Å². The van der Waals surface area contributed by atoms with Gasteiger partial charge in [0.05, 0.1) is 25.5 Å². The summed E-state index contributed by atoms with van der Waals surface area (Å²) in [7, 11) is 5.32. The number of aliphatic carboxylic acids is 1. The summed E-state index contributed by atoms with van der Waals surface area (Å²) in [4.78, 5) is 55.7. The van der Waals surface area contributed by atoms with E-state index >= 15 is 0 Å². The molecule has 2 aromatic rings. The maximum absolute atomic E-state index is 13.3. The summed E-state index contributed by atoms with van der Waals surface area (Å²) in [6.07, 6.45) is 8.15. The molecule has 44 heavy (non-hydrogen) atoms. The molecule has 0 unspecified atom stereocenters. The molecule has 0 spiro atoms. The van der Waals surface area contributed by atoms with Crippen LogP contribution in [0.15, 0.2) is 36.5 Å². The fourth-order valence-corrected chi connectivity index (χ4v) is 6.49. The van der Waals surface area contributed by atoms with Crippen LogP contribution in [-0.2, 0) is 9.59 Å². The van der Waals surface area contributed by atoms with Gasteiger partial charge in [0, 0.05) is 30.3 Å². The Balaban J connectivity index is 1.53. The van der Waals surface area contributed by atoms with Crippen molar-refractivity contribution in [3.8, 4) is 5.75 Å². The predicted octanol–water partition coefficient (Wildman–Crippen LogP) is 3.59. The molecule has 12 heteroatoms. The van der Waals surface area contributed by atoms with Crippen molar-refractivity contribution in [1.82, 2.24) is 20.2 Å². The maximum atomic E-state index is 13.3. The predicted molar refractivity (Wildman–Crippen MR) is 169 cm³/mol. The van der Waals surface area contributed by atoms with Gasteiger partial charge in [0.1, 0.15) is 17.5 Å². The van der Waals surface area contributed by atoms with Crippen molar-refractivity contribution >= 4 is 40.9 Å². The molecule has 1 atom stereocenters. The second kappa shape index (κ2) is 13.2. The van der Waals surface area contributed by atoms with Gasteiger partial charge in [-0.2, -0.15) is 4.98 Å². The first-order valence-corrected chi connectivity index (χ1v) is 15.4. The second-order valence-corrected chi connectivity index (χ2v) is 12.0. The molecule has 3 aliphatic rings. The first kappa shape index (κ1) is 31.2. The van der Waals surface area contributed by atoms with Gasteiger partial charge in [-0.05, 0) is 70.4 Å². The summed E-state index contributed by atoms with van der Waals surface area (Å²) in [6, 6.07) is 5.00. The number of likely N-dealkylation sites (N-methyl/N-ethyl adjacent to an activating group) is 1. The molecule has 236 valence electrons. The van der Waals surface area contributed by atoms with E-state index in [2.05, 4.69) is 33.7 Å². The number of methoxy groups -OCH3 is 1. The van der Waals surface area contributed by atoms with Gasteiger partial charge in [-0.25, -0.2) is 9.78 Å². The van der Waals surface area contributed by atoms with Crippen molar-refractivity contribution in [2.24, 2.45) is 0 Å². The highest BCUT2D eigenvalue weighted by atomic mass is 16.5. The van der Waals surface area contributed by atoms with Crippen LogP contribution in [0.25, 0.3) is 0 Å². The van der Waals surface area contributed by atoms with E-state index in [1.807, 2.05) is 6.92 Å². The Bertz CT molecular complexity index is 1420. The zero-order chi connectivity index (χ0) is 31.5. The number of carbonyl (C=O) groups excluding carboxylic acids is 2. The van der Waals surface area contributed by atoms with Crippen LogP contribution < -0.4 is 24.8 Å². The molecule has 1 saturated carbocycles. The van der Waals surface area contributed by atoms with E-state index in [0.29, 0.717) is 34.9 Å². The first-order chi connectivity index (χ1) is 21.1. The van der Waals surface area contributed by atoms with E-state index in [1.165, 1.54) is 7.11 Å². The van der Waals surface area contributed by atoms with E-state index in [-0.39, 0.29) is 48.0 Å². The van der Waals surface area contributed by atoms with Gasteiger partial charge in [-0.3, -0.25) is 9.59 Å². The number of benzene rings is 1. The van der Waals surface area contributed by atoms with Crippen LogP contribution in [0.4, 0.5) is 23.1 Å². The summed E-state index contributed by atoms with van der Waals surface area (Å²) >= 11 is 0. The number of fused-ring (bicyclic) bond motifs is 1. The lowest BCUT2D eigenvalue weighted by Gasteiger charge is -2.43. The molecule has 0 radical (unpaired) electrons. The number of rotatable bonds is 10. The fraction of sp³-hybridized carbons (Fsp3) is 0.531. The molecular weight excluding hydrogens is 562 g/mol. The highest BCUT2D eigenvalue weighted by Crippen LogP contribution is 2.42. The van der Waals surface area contributed by atoms with Gasteiger partial charge in [0.15, 0.2) is 5.82 Å². The number of nitrogens with one attached hydrogen (secondary N) is 1. The van der Waals surface area contributed by atoms with Crippen LogP contribution in [0.2, 0.25) is 0 Å². The molecule has 3 heterocycles. The highest BCUT2D eigenvalue weighted by Gasteiger charge is 2.41. The van der Waals surface area contributed by atoms with Gasteiger partial charge in [-0.15, -0.1) is 0 Å². The lowest BCUT2D eigenvalue weighted by atomic mass is 10.0. The van der Waals surface area contributed by atoms with Crippen molar-refractivity contribution in [3.63, 3.8) is 0 Å². The monoisotopic (exact) mass is 605 g/mol. The average molecular weight is 606 g/mol. The Morgan fingerprint density at radius 3 is 2.50 bits per heavy atom. The van der Waals surface area contributed by atoms with E-state index in [4.69, 9.17) is 9.72 Å². The molecule has 2 amide bonds. The Kier molecular flexibility index (Phi) is 9.38. The third-order valence-corrected chi connectivity index (χ3v) is 9.08. The number of hydrogen-bond donors (Lipinski definition) is 2. The Labute approximate surface area is 258 Å². The molecule has 5 rings (SSSR count). The lowest BCUT2D eigenvalue weighted by molar-refractivity contribution is -0.132. The van der Waals surface area contributed by atoms with Crippen molar-refractivity contribution < 1.29 is 24.2 Å². The number of piperidine rings is 1. The molecule has 2 N–H and O–H groups in total. The standard InChI is InChI=1S/C32H43N7O5/c1-6-24-30(41)37(4)26-18-33-32(35-28(26)39(24)23-9-7-8-10-23)38(19-20(2)31(42)43)25-12-11-21(17-27(25)44-5)29(40)34-22-13-15-36(3)16-14-22/h11-12,17-18,22-24H,2,6-10,13-16,19H2,1,3-5H3,(H,34,40)(H,42,43)/t24-/m1/s1. The van der Waals surface area contributed by atoms with E-state index < -0.39 is 5.97 Å². The molecule has 2 aliphatic heterocycles. The molecule has 2 fully saturated rings. The quantitative estimate of drug-likeness (QED) is 0.388. The molecule has 1 aromatic heterocycles. The minimum absolute atomic E-state index is 0.00939. The number of carboxylic acid groups (broad SMARTS) is 1. The number of carboxylic acids is 1. The Morgan fingerprint density at radius 1 is 1.16 bits per heavy atom. The molecular formula is C32H43N7O5. The molecule has 1 aromatic carbocycles. The SMILES string of the molecule is C=C(CN(c1ncc2c(n1)N(C1CCCC1)[C@H](CC)C(=O)N2C)c1ccc(C(=O)NC2CCN(C)CC2)cc1OC)C(=O)O. The first-order valence-electron chi connectivity index (χ1n) is 15.4. The Morgan fingerprint density at radius 2 is 1.86 bits per heavy atom. The van der Waals surface area contributed by atoms with Crippen LogP contribution in [0.1, 0.15) is 62.2 Å². The number of nitrogens with zero attached hydrogens (tertiary/aromatic N) is 6. The van der Waals surface area contributed by atoms with Crippen molar-refractivity contribution in [3.05, 3.63) is 42.1 Å². The normalized spacial score (nSPS) is 19.5. The molecule has 12 nitrogen and oxygen atoms in total. The zero-order valence-corrected chi connectivity index (χ0v) is 26.1. The van der Waals surface area contributed by atoms with Crippen molar-refractivity contribution in [2.45, 2.75) is 70.0 Å². The minimum atomic E-state index is -1.15. The maximum Gasteiger partial charge on any atom is 0.332 e. The average Bonchev–Trinajstić information content (AvgIpc) is 3.56. The molecule has 1 aliphatic carbocycles. The van der Waals surface area contributed by atoms with Crippen LogP contribution in [0, 0.1) is 0 Å². The van der Waals surface area contributed by atoms with Crippen LogP contribution in [0.3, 0.4) is 0 Å². The topological polar surface area (TPSA) is 131 Å². The fourth-order valence-electron chi connectivity index (χ4n) is 6.49. The van der Waals surface area contributed by atoms with Gasteiger partial charge in [0.2, 0.25) is 11.9 Å². The number of aromatic nitrogens is 2. The number of hydrogen-bond acceptors (Lipinski definition) is 9. The van der Waals surface area contributed by atoms with Crippen LogP contribution in [0.5, 0.6) is 5.75 Å². The Hall–Kier alpha value is -4.19. The number of amides is 2. The summed E-state index contributed by atoms with van der Waals surface area (Å²) < 4.78 is 5.74. The molecule has 0 bridgehead atoms. The van der Waals surface area contributed by atoms with Gasteiger partial charge in [0.25, 0.3) is 5.91 Å². The van der Waals surface area contributed by atoms with Crippen molar-refractivity contribution in [1.29, 1.82) is 0 Å². The van der Waals surface area contributed by atoms with Gasteiger partial charge in [-0.1, -0.05) is 26.3 Å². The van der Waals surface area contributed by atoms with E-state index in [9.17, 15) is 19.5 Å². The van der Waals surface area contributed by atoms with Crippen molar-refractivity contribution in [2.75, 3.05) is 55.5 Å². The van der Waals surface area contributed by atoms with E-state index in [0.717, 1.165) is 51.6 Å². The number of carbonyl (C=O) groups is 3. The second-order valence-electron chi connectivity index (χ2n) is 12.0.